The molecule has 0 unspecified atom stereocenters. The standard InChI is InChI=1S/C20H26N4O/c1-14-21-11-16(23(14)2)13-24-8-6-15(7-9-24)19-12-22-20-5-4-17(25-3)10-18(19)20/h4-5,10-12,15,22H,6-9,13H2,1-3H3. The van der Waals surface area contributed by atoms with Crippen molar-refractivity contribution in [3.8, 4) is 5.75 Å². The molecule has 0 bridgehead atoms. The highest BCUT2D eigenvalue weighted by atomic mass is 16.5. The Labute approximate surface area is 148 Å². The van der Waals surface area contributed by atoms with Crippen LogP contribution in [-0.4, -0.2) is 39.6 Å². The maximum absolute atomic E-state index is 5.40. The molecule has 0 saturated carbocycles. The van der Waals surface area contributed by atoms with Gasteiger partial charge in [0.15, 0.2) is 0 Å². The van der Waals surface area contributed by atoms with Gasteiger partial charge in [0.2, 0.25) is 0 Å². The predicted molar refractivity (Wildman–Crippen MR) is 100 cm³/mol. The number of nitrogens with one attached hydrogen (secondary N) is 1. The van der Waals surface area contributed by atoms with Crippen molar-refractivity contribution in [1.29, 1.82) is 0 Å². The summed E-state index contributed by atoms with van der Waals surface area (Å²) < 4.78 is 7.59. The van der Waals surface area contributed by atoms with E-state index in [4.69, 9.17) is 4.74 Å². The van der Waals surface area contributed by atoms with Gasteiger partial charge >= 0.3 is 0 Å². The quantitative estimate of drug-likeness (QED) is 0.791. The molecular weight excluding hydrogens is 312 g/mol. The number of H-pyrrole nitrogens is 1. The van der Waals surface area contributed by atoms with E-state index in [2.05, 4.69) is 51.7 Å². The Morgan fingerprint density at radius 1 is 1.28 bits per heavy atom. The lowest BCUT2D eigenvalue weighted by Gasteiger charge is -2.32. The molecule has 25 heavy (non-hydrogen) atoms. The van der Waals surface area contributed by atoms with Crippen LogP contribution in [0, 0.1) is 6.92 Å². The molecule has 0 aliphatic carbocycles. The fraction of sp³-hybridized carbons (Fsp3) is 0.450. The molecule has 1 aromatic carbocycles. The second-order valence-electron chi connectivity index (χ2n) is 7.06. The van der Waals surface area contributed by atoms with Gasteiger partial charge < -0.3 is 14.3 Å². The molecule has 3 aromatic rings. The Morgan fingerprint density at radius 2 is 2.08 bits per heavy atom. The zero-order valence-corrected chi connectivity index (χ0v) is 15.2. The number of nitrogens with zero attached hydrogens (tertiary/aromatic N) is 3. The largest absolute Gasteiger partial charge is 0.497 e. The monoisotopic (exact) mass is 338 g/mol. The Hall–Kier alpha value is -2.27. The minimum atomic E-state index is 0.616. The Morgan fingerprint density at radius 3 is 2.76 bits per heavy atom. The molecule has 2 aromatic heterocycles. The number of rotatable bonds is 4. The minimum Gasteiger partial charge on any atom is -0.497 e. The zero-order valence-electron chi connectivity index (χ0n) is 15.2. The third-order valence-electron chi connectivity index (χ3n) is 5.65. The van der Waals surface area contributed by atoms with Crippen LogP contribution in [0.25, 0.3) is 10.9 Å². The van der Waals surface area contributed by atoms with E-state index < -0.39 is 0 Å². The fourth-order valence-electron chi connectivity index (χ4n) is 3.91. The summed E-state index contributed by atoms with van der Waals surface area (Å²) in [5.74, 6) is 2.63. The molecule has 0 atom stereocenters. The Bertz CT molecular complexity index is 871. The van der Waals surface area contributed by atoms with Crippen molar-refractivity contribution >= 4 is 10.9 Å². The van der Waals surface area contributed by atoms with Crippen molar-refractivity contribution < 1.29 is 4.74 Å². The van der Waals surface area contributed by atoms with Crippen LogP contribution in [-0.2, 0) is 13.6 Å². The number of aryl methyl sites for hydroxylation is 1. The normalized spacial score (nSPS) is 16.6. The molecule has 0 spiro atoms. The number of likely N-dealkylation sites (tertiary alicyclic amines) is 1. The van der Waals surface area contributed by atoms with Crippen LogP contribution in [0.15, 0.2) is 30.6 Å². The number of piperidine rings is 1. The van der Waals surface area contributed by atoms with Gasteiger partial charge in [-0.15, -0.1) is 0 Å². The summed E-state index contributed by atoms with van der Waals surface area (Å²) in [5, 5.41) is 1.31. The van der Waals surface area contributed by atoms with Gasteiger partial charge in [-0.3, -0.25) is 4.90 Å². The van der Waals surface area contributed by atoms with E-state index in [1.165, 1.54) is 35.0 Å². The summed E-state index contributed by atoms with van der Waals surface area (Å²) in [4.78, 5) is 10.4. The van der Waals surface area contributed by atoms with Crippen LogP contribution in [0.4, 0.5) is 0 Å². The summed E-state index contributed by atoms with van der Waals surface area (Å²) in [6.07, 6.45) is 6.59. The molecule has 5 nitrogen and oxygen atoms in total. The summed E-state index contributed by atoms with van der Waals surface area (Å²) in [5.41, 5.74) is 3.93. The van der Waals surface area contributed by atoms with E-state index in [9.17, 15) is 0 Å². The third-order valence-corrected chi connectivity index (χ3v) is 5.65. The van der Waals surface area contributed by atoms with Crippen LogP contribution < -0.4 is 4.74 Å². The van der Waals surface area contributed by atoms with Crippen LogP contribution in [0.5, 0.6) is 5.75 Å². The number of fused-ring (bicyclic) bond motifs is 1. The first-order chi connectivity index (χ1) is 12.2. The first-order valence-corrected chi connectivity index (χ1v) is 9.00. The van der Waals surface area contributed by atoms with E-state index in [-0.39, 0.29) is 0 Å². The van der Waals surface area contributed by atoms with Gasteiger partial charge in [-0.05, 0) is 62.5 Å². The number of benzene rings is 1. The van der Waals surface area contributed by atoms with Crippen molar-refractivity contribution in [2.45, 2.75) is 32.2 Å². The highest BCUT2D eigenvalue weighted by Crippen LogP contribution is 2.34. The molecule has 3 heterocycles. The third kappa shape index (κ3) is 3.04. The molecule has 0 radical (unpaired) electrons. The van der Waals surface area contributed by atoms with Gasteiger partial charge in [0.25, 0.3) is 0 Å². The van der Waals surface area contributed by atoms with Gasteiger partial charge in [-0.1, -0.05) is 0 Å². The maximum Gasteiger partial charge on any atom is 0.119 e. The number of aromatic nitrogens is 3. The number of aromatic amines is 1. The summed E-state index contributed by atoms with van der Waals surface area (Å²) >= 11 is 0. The average molecular weight is 338 g/mol. The molecule has 1 N–H and O–H groups in total. The SMILES string of the molecule is COc1ccc2[nH]cc(C3CCN(Cc4cnc(C)n4C)CC3)c2c1. The van der Waals surface area contributed by atoms with Gasteiger partial charge in [0.1, 0.15) is 11.6 Å². The summed E-state index contributed by atoms with van der Waals surface area (Å²) in [6, 6.07) is 6.28. The van der Waals surface area contributed by atoms with Crippen molar-refractivity contribution in [1.82, 2.24) is 19.4 Å². The van der Waals surface area contributed by atoms with Crippen molar-refractivity contribution in [3.05, 3.63) is 47.7 Å². The number of hydrogen-bond donors (Lipinski definition) is 1. The van der Waals surface area contributed by atoms with Crippen LogP contribution in [0.1, 0.15) is 35.8 Å². The second kappa shape index (κ2) is 6.56. The van der Waals surface area contributed by atoms with E-state index in [1.807, 2.05) is 12.3 Å². The van der Waals surface area contributed by atoms with E-state index >= 15 is 0 Å². The first kappa shape index (κ1) is 16.2. The lowest BCUT2D eigenvalue weighted by atomic mass is 9.89. The van der Waals surface area contributed by atoms with Gasteiger partial charge in [0, 0.05) is 36.9 Å². The predicted octanol–water partition coefficient (Wildman–Crippen LogP) is 3.60. The van der Waals surface area contributed by atoms with E-state index in [1.54, 1.807) is 7.11 Å². The maximum atomic E-state index is 5.40. The van der Waals surface area contributed by atoms with Crippen LogP contribution in [0.3, 0.4) is 0 Å². The molecule has 1 aliphatic rings. The summed E-state index contributed by atoms with van der Waals surface area (Å²) in [7, 11) is 3.83. The molecule has 1 fully saturated rings. The van der Waals surface area contributed by atoms with Gasteiger partial charge in [-0.25, -0.2) is 4.98 Å². The Kier molecular flexibility index (Phi) is 4.25. The smallest absolute Gasteiger partial charge is 0.119 e. The number of ether oxygens (including phenoxy) is 1. The highest BCUT2D eigenvalue weighted by Gasteiger charge is 2.23. The lowest BCUT2D eigenvalue weighted by molar-refractivity contribution is 0.201. The first-order valence-electron chi connectivity index (χ1n) is 9.00. The number of imidazole rings is 1. The molecule has 1 saturated heterocycles. The number of hydrogen-bond acceptors (Lipinski definition) is 3. The summed E-state index contributed by atoms with van der Waals surface area (Å²) in [6.45, 7) is 5.31. The lowest BCUT2D eigenvalue weighted by Crippen LogP contribution is -2.33. The van der Waals surface area contributed by atoms with E-state index in [0.29, 0.717) is 5.92 Å². The van der Waals surface area contributed by atoms with E-state index in [0.717, 1.165) is 31.2 Å². The molecular formula is C20H26N4O. The van der Waals surface area contributed by atoms with Crippen molar-refractivity contribution in [3.63, 3.8) is 0 Å². The zero-order chi connectivity index (χ0) is 17.4. The molecule has 5 heteroatoms. The number of methoxy groups -OCH3 is 1. The average Bonchev–Trinajstić information content (AvgIpc) is 3.20. The minimum absolute atomic E-state index is 0.616. The highest BCUT2D eigenvalue weighted by molar-refractivity contribution is 5.85. The molecule has 132 valence electrons. The van der Waals surface area contributed by atoms with Crippen LogP contribution in [0.2, 0.25) is 0 Å². The molecule has 1 aliphatic heterocycles. The van der Waals surface area contributed by atoms with Crippen molar-refractivity contribution in [2.24, 2.45) is 7.05 Å². The fourth-order valence-corrected chi connectivity index (χ4v) is 3.91. The van der Waals surface area contributed by atoms with Crippen LogP contribution >= 0.6 is 0 Å². The van der Waals surface area contributed by atoms with Gasteiger partial charge in [-0.2, -0.15) is 0 Å². The second-order valence-corrected chi connectivity index (χ2v) is 7.06. The Balaban J connectivity index is 1.46. The molecule has 0 amide bonds. The van der Waals surface area contributed by atoms with Crippen molar-refractivity contribution in [2.75, 3.05) is 20.2 Å². The molecule has 4 rings (SSSR count). The van der Waals surface area contributed by atoms with Gasteiger partial charge in [0.05, 0.1) is 12.8 Å². The topological polar surface area (TPSA) is 46.1 Å².